The third-order valence-electron chi connectivity index (χ3n) is 3.51. The van der Waals surface area contributed by atoms with E-state index < -0.39 is 34.7 Å². The SMILES string of the molecule is COC(=O)C(C)OC(=O)COc1ccc(N(C)S(=O)(=O)c2cccs2)cc1. The smallest absolute Gasteiger partial charge is 0.346 e. The number of methoxy groups -OCH3 is 1. The Morgan fingerprint density at radius 1 is 1.19 bits per heavy atom. The van der Waals surface area contributed by atoms with Gasteiger partial charge in [0.25, 0.3) is 10.0 Å². The second kappa shape index (κ2) is 8.87. The summed E-state index contributed by atoms with van der Waals surface area (Å²) in [6, 6.07) is 9.39. The molecule has 0 bridgehead atoms. The molecule has 0 spiro atoms. The van der Waals surface area contributed by atoms with E-state index in [1.165, 1.54) is 39.3 Å². The Morgan fingerprint density at radius 2 is 1.85 bits per heavy atom. The second-order valence-electron chi connectivity index (χ2n) is 5.34. The fourth-order valence-electron chi connectivity index (χ4n) is 2.02. The Labute approximate surface area is 161 Å². The number of thiophene rings is 1. The fourth-order valence-corrected chi connectivity index (χ4v) is 4.38. The third-order valence-corrected chi connectivity index (χ3v) is 6.67. The molecule has 8 nitrogen and oxygen atoms in total. The van der Waals surface area contributed by atoms with Crippen LogP contribution in [0.4, 0.5) is 5.69 Å². The Bertz CT molecular complexity index is 877. The number of esters is 2. The van der Waals surface area contributed by atoms with Gasteiger partial charge in [-0.2, -0.15) is 0 Å². The lowest BCUT2D eigenvalue weighted by Gasteiger charge is -2.18. The first-order valence-corrected chi connectivity index (χ1v) is 10.1. The molecule has 1 atom stereocenters. The van der Waals surface area contributed by atoms with E-state index in [2.05, 4.69) is 4.74 Å². The van der Waals surface area contributed by atoms with E-state index in [0.717, 1.165) is 15.6 Å². The molecule has 146 valence electrons. The predicted molar refractivity (Wildman–Crippen MR) is 99.4 cm³/mol. The molecule has 2 aromatic rings. The van der Waals surface area contributed by atoms with Crippen LogP contribution in [0.25, 0.3) is 0 Å². The summed E-state index contributed by atoms with van der Waals surface area (Å²) in [6.45, 7) is 0.992. The van der Waals surface area contributed by atoms with E-state index in [9.17, 15) is 18.0 Å². The predicted octanol–water partition coefficient (Wildman–Crippen LogP) is 2.06. The molecular weight excluding hydrogens is 394 g/mol. The quantitative estimate of drug-likeness (QED) is 0.611. The monoisotopic (exact) mass is 413 g/mol. The zero-order valence-electron chi connectivity index (χ0n) is 14.9. The highest BCUT2D eigenvalue weighted by Crippen LogP contribution is 2.26. The van der Waals surface area contributed by atoms with Crippen LogP contribution in [0.1, 0.15) is 6.92 Å². The minimum absolute atomic E-state index is 0.243. The van der Waals surface area contributed by atoms with Crippen molar-refractivity contribution in [2.45, 2.75) is 17.2 Å². The van der Waals surface area contributed by atoms with E-state index in [-0.39, 0.29) is 4.21 Å². The van der Waals surface area contributed by atoms with E-state index in [1.807, 2.05) is 0 Å². The molecule has 1 heterocycles. The topological polar surface area (TPSA) is 99.2 Å². The highest BCUT2D eigenvalue weighted by molar-refractivity contribution is 7.94. The molecule has 1 unspecified atom stereocenters. The average Bonchev–Trinajstić information content (AvgIpc) is 3.21. The van der Waals surface area contributed by atoms with Crippen LogP contribution in [0.2, 0.25) is 0 Å². The van der Waals surface area contributed by atoms with Crippen LogP contribution >= 0.6 is 11.3 Å². The molecule has 0 N–H and O–H groups in total. The Kier molecular flexibility index (Phi) is 6.81. The first-order valence-electron chi connectivity index (χ1n) is 7.78. The van der Waals surface area contributed by atoms with Gasteiger partial charge in [-0.1, -0.05) is 6.07 Å². The van der Waals surface area contributed by atoms with Gasteiger partial charge in [0, 0.05) is 7.05 Å². The summed E-state index contributed by atoms with van der Waals surface area (Å²) in [5.41, 5.74) is 0.442. The molecule has 0 saturated carbocycles. The summed E-state index contributed by atoms with van der Waals surface area (Å²) < 4.78 is 41.0. The lowest BCUT2D eigenvalue weighted by Crippen LogP contribution is -2.28. The number of hydrogen-bond acceptors (Lipinski definition) is 8. The maximum atomic E-state index is 12.5. The Morgan fingerprint density at radius 3 is 2.41 bits per heavy atom. The number of nitrogens with zero attached hydrogens (tertiary/aromatic N) is 1. The summed E-state index contributed by atoms with van der Waals surface area (Å²) in [5, 5.41) is 1.69. The van der Waals surface area contributed by atoms with Crippen LogP contribution in [-0.4, -0.2) is 47.2 Å². The first-order chi connectivity index (χ1) is 12.8. The lowest BCUT2D eigenvalue weighted by molar-refractivity contribution is -0.165. The zero-order valence-corrected chi connectivity index (χ0v) is 16.6. The number of ether oxygens (including phenoxy) is 3. The number of carbonyl (C=O) groups excluding carboxylic acids is 2. The van der Waals surface area contributed by atoms with Crippen molar-refractivity contribution in [3.05, 3.63) is 41.8 Å². The van der Waals surface area contributed by atoms with Crippen molar-refractivity contribution < 1.29 is 32.2 Å². The molecule has 0 aliphatic carbocycles. The van der Waals surface area contributed by atoms with Crippen molar-refractivity contribution in [1.82, 2.24) is 0 Å². The Balaban J connectivity index is 1.95. The molecule has 2 rings (SSSR count). The third kappa shape index (κ3) is 5.20. The minimum atomic E-state index is -3.62. The van der Waals surface area contributed by atoms with Crippen LogP contribution in [0.5, 0.6) is 5.75 Å². The Hall–Kier alpha value is -2.59. The molecule has 0 fully saturated rings. The van der Waals surface area contributed by atoms with Gasteiger partial charge in [-0.15, -0.1) is 11.3 Å². The summed E-state index contributed by atoms with van der Waals surface area (Å²) in [4.78, 5) is 22.8. The largest absolute Gasteiger partial charge is 0.482 e. The van der Waals surface area contributed by atoms with E-state index in [1.54, 1.807) is 23.6 Å². The number of hydrogen-bond donors (Lipinski definition) is 0. The fraction of sp³-hybridized carbons (Fsp3) is 0.294. The van der Waals surface area contributed by atoms with Gasteiger partial charge in [0.1, 0.15) is 9.96 Å². The summed E-state index contributed by atoms with van der Waals surface area (Å²) >= 11 is 1.14. The van der Waals surface area contributed by atoms with Gasteiger partial charge in [0.05, 0.1) is 12.8 Å². The van der Waals surface area contributed by atoms with Crippen LogP contribution in [-0.2, 0) is 29.1 Å². The van der Waals surface area contributed by atoms with Crippen molar-refractivity contribution in [3.63, 3.8) is 0 Å². The number of anilines is 1. The molecule has 1 aromatic heterocycles. The molecule has 0 aliphatic rings. The van der Waals surface area contributed by atoms with Crippen LogP contribution < -0.4 is 9.04 Å². The van der Waals surface area contributed by atoms with Gasteiger partial charge < -0.3 is 14.2 Å². The molecular formula is C17H19NO7S2. The van der Waals surface area contributed by atoms with Gasteiger partial charge in [-0.05, 0) is 42.6 Å². The highest BCUT2D eigenvalue weighted by atomic mass is 32.2. The van der Waals surface area contributed by atoms with Crippen LogP contribution in [0.3, 0.4) is 0 Å². The van der Waals surface area contributed by atoms with Crippen molar-refractivity contribution in [3.8, 4) is 5.75 Å². The van der Waals surface area contributed by atoms with Crippen LogP contribution in [0, 0.1) is 0 Å². The molecule has 1 aromatic carbocycles. The minimum Gasteiger partial charge on any atom is -0.482 e. The van der Waals surface area contributed by atoms with Gasteiger partial charge in [0.2, 0.25) is 0 Å². The average molecular weight is 413 g/mol. The van der Waals surface area contributed by atoms with Gasteiger partial charge in [0.15, 0.2) is 12.7 Å². The van der Waals surface area contributed by atoms with Crippen molar-refractivity contribution >= 4 is 39.0 Å². The molecule has 27 heavy (non-hydrogen) atoms. The number of rotatable bonds is 8. The van der Waals surface area contributed by atoms with E-state index in [0.29, 0.717) is 11.4 Å². The standard InChI is InChI=1S/C17H19NO7S2/c1-12(17(20)23-3)25-15(19)11-24-14-8-6-13(7-9-14)18(2)27(21,22)16-5-4-10-26-16/h4-10,12H,11H2,1-3H3. The lowest BCUT2D eigenvalue weighted by atomic mass is 10.3. The van der Waals surface area contributed by atoms with E-state index >= 15 is 0 Å². The second-order valence-corrected chi connectivity index (χ2v) is 8.49. The maximum absolute atomic E-state index is 12.5. The van der Waals surface area contributed by atoms with Gasteiger partial charge in [-0.25, -0.2) is 18.0 Å². The van der Waals surface area contributed by atoms with Crippen molar-refractivity contribution in [2.75, 3.05) is 25.1 Å². The van der Waals surface area contributed by atoms with Crippen LogP contribution in [0.15, 0.2) is 46.0 Å². The number of carbonyl (C=O) groups is 2. The molecule has 0 radical (unpaired) electrons. The van der Waals surface area contributed by atoms with Crippen molar-refractivity contribution in [2.24, 2.45) is 0 Å². The molecule has 0 amide bonds. The summed E-state index contributed by atoms with van der Waals surface area (Å²) in [6.07, 6.45) is -1.02. The summed E-state index contributed by atoms with van der Waals surface area (Å²) in [5.74, 6) is -1.04. The normalized spacial score (nSPS) is 12.1. The van der Waals surface area contributed by atoms with Gasteiger partial charge >= 0.3 is 11.9 Å². The molecule has 0 aliphatic heterocycles. The highest BCUT2D eigenvalue weighted by Gasteiger charge is 2.22. The molecule has 0 saturated heterocycles. The van der Waals surface area contributed by atoms with E-state index in [4.69, 9.17) is 9.47 Å². The number of benzene rings is 1. The number of sulfonamides is 1. The maximum Gasteiger partial charge on any atom is 0.346 e. The molecule has 10 heteroatoms. The van der Waals surface area contributed by atoms with Crippen molar-refractivity contribution in [1.29, 1.82) is 0 Å². The van der Waals surface area contributed by atoms with Gasteiger partial charge in [-0.3, -0.25) is 4.31 Å². The first kappa shape index (κ1) is 20.7. The zero-order chi connectivity index (χ0) is 20.0. The summed E-state index contributed by atoms with van der Waals surface area (Å²) in [7, 11) is -0.969.